The van der Waals surface area contributed by atoms with E-state index >= 15 is 0 Å². The number of rotatable bonds is 6. The van der Waals surface area contributed by atoms with Crippen molar-refractivity contribution in [3.8, 4) is 17.1 Å². The fraction of sp³-hybridized carbons (Fsp3) is 0.286. The van der Waals surface area contributed by atoms with Crippen LogP contribution in [0.1, 0.15) is 25.3 Å². The smallest absolute Gasteiger partial charge is 0.233 e. The van der Waals surface area contributed by atoms with Crippen LogP contribution in [0.5, 0.6) is 0 Å². The lowest BCUT2D eigenvalue weighted by Crippen LogP contribution is -2.32. The Hall–Kier alpha value is -2.31. The second kappa shape index (κ2) is 7.97. The van der Waals surface area contributed by atoms with Gasteiger partial charge >= 0.3 is 0 Å². The minimum atomic E-state index is -0.262. The molecule has 1 aromatic heterocycles. The van der Waals surface area contributed by atoms with Crippen LogP contribution in [-0.2, 0) is 4.79 Å². The molecule has 0 bridgehead atoms. The first-order valence-corrected chi connectivity index (χ1v) is 10.5. The molecule has 1 N–H and O–H groups in total. The molecule has 1 saturated carbocycles. The van der Waals surface area contributed by atoms with Gasteiger partial charge in [-0.15, -0.1) is 10.2 Å². The van der Waals surface area contributed by atoms with E-state index in [-0.39, 0.29) is 11.2 Å². The van der Waals surface area contributed by atoms with Crippen LogP contribution in [0.25, 0.3) is 17.1 Å². The van der Waals surface area contributed by atoms with Crippen molar-refractivity contribution in [3.63, 3.8) is 0 Å². The number of benzene rings is 2. The maximum Gasteiger partial charge on any atom is 0.233 e. The van der Waals surface area contributed by atoms with Gasteiger partial charge in [0.05, 0.1) is 5.25 Å². The summed E-state index contributed by atoms with van der Waals surface area (Å²) >= 11 is 7.48. The first kappa shape index (κ1) is 19.0. The molecule has 28 heavy (non-hydrogen) atoms. The fourth-order valence-corrected chi connectivity index (χ4v) is 3.82. The van der Waals surface area contributed by atoms with Crippen LogP contribution in [0, 0.1) is 6.92 Å². The highest BCUT2D eigenvalue weighted by Crippen LogP contribution is 2.31. The van der Waals surface area contributed by atoms with E-state index in [4.69, 9.17) is 11.6 Å². The molecule has 1 aliphatic rings. The van der Waals surface area contributed by atoms with Gasteiger partial charge in [-0.3, -0.25) is 9.36 Å². The van der Waals surface area contributed by atoms with Crippen LogP contribution in [0.15, 0.2) is 53.7 Å². The predicted octanol–water partition coefficient (Wildman–Crippen LogP) is 4.66. The summed E-state index contributed by atoms with van der Waals surface area (Å²) in [7, 11) is 0. The van der Waals surface area contributed by atoms with Crippen LogP contribution >= 0.6 is 23.4 Å². The normalized spacial score (nSPS) is 14.7. The number of thioether (sulfide) groups is 1. The van der Waals surface area contributed by atoms with Crippen LogP contribution in [-0.4, -0.2) is 32.0 Å². The highest BCUT2D eigenvalue weighted by molar-refractivity contribution is 8.00. The fourth-order valence-electron chi connectivity index (χ4n) is 2.82. The number of halogens is 1. The molecule has 0 spiro atoms. The molecule has 7 heteroatoms. The molecule has 1 amide bonds. The maximum atomic E-state index is 12.4. The van der Waals surface area contributed by atoms with Crippen LogP contribution in [0.2, 0.25) is 5.02 Å². The third-order valence-corrected chi connectivity index (χ3v) is 5.90. The lowest BCUT2D eigenvalue weighted by atomic mass is 10.1. The summed E-state index contributed by atoms with van der Waals surface area (Å²) in [5.74, 6) is 0.773. The summed E-state index contributed by atoms with van der Waals surface area (Å²) in [5.41, 5.74) is 3.05. The Labute approximate surface area is 173 Å². The second-order valence-corrected chi connectivity index (χ2v) is 8.77. The van der Waals surface area contributed by atoms with Crippen molar-refractivity contribution >= 4 is 29.3 Å². The molecule has 1 unspecified atom stereocenters. The zero-order valence-corrected chi connectivity index (χ0v) is 17.3. The van der Waals surface area contributed by atoms with E-state index in [9.17, 15) is 4.79 Å². The molecule has 4 rings (SSSR count). The highest BCUT2D eigenvalue weighted by Gasteiger charge is 2.27. The first-order valence-electron chi connectivity index (χ1n) is 9.26. The summed E-state index contributed by atoms with van der Waals surface area (Å²) in [6.45, 7) is 3.95. The molecule has 1 heterocycles. The Balaban J connectivity index is 1.70. The number of hydrogen-bond acceptors (Lipinski definition) is 4. The monoisotopic (exact) mass is 412 g/mol. The molecule has 1 aliphatic carbocycles. The van der Waals surface area contributed by atoms with Crippen molar-refractivity contribution in [3.05, 3.63) is 59.1 Å². The quantitative estimate of drug-likeness (QED) is 0.598. The van der Waals surface area contributed by atoms with E-state index in [0.717, 1.165) is 29.9 Å². The largest absolute Gasteiger partial charge is 0.352 e. The van der Waals surface area contributed by atoms with Gasteiger partial charge in [0.25, 0.3) is 0 Å². The van der Waals surface area contributed by atoms with Crippen molar-refractivity contribution in [1.82, 2.24) is 20.1 Å². The number of aromatic nitrogens is 3. The van der Waals surface area contributed by atoms with Gasteiger partial charge in [-0.1, -0.05) is 53.2 Å². The van der Waals surface area contributed by atoms with Crippen molar-refractivity contribution in [1.29, 1.82) is 0 Å². The third-order valence-electron chi connectivity index (χ3n) is 4.60. The lowest BCUT2D eigenvalue weighted by Gasteiger charge is -2.14. The highest BCUT2D eigenvalue weighted by atomic mass is 35.5. The Morgan fingerprint density at radius 3 is 2.46 bits per heavy atom. The molecule has 1 atom stereocenters. The number of aryl methyl sites for hydroxylation is 1. The van der Waals surface area contributed by atoms with Crippen molar-refractivity contribution in [2.45, 2.75) is 43.1 Å². The van der Waals surface area contributed by atoms with E-state index in [1.54, 1.807) is 0 Å². The summed E-state index contributed by atoms with van der Waals surface area (Å²) in [5, 5.41) is 13.0. The SMILES string of the molecule is Cc1ccc(-c2nnc(SC(C)C(=O)NC3CC3)n2-c2ccc(Cl)cc2)cc1. The topological polar surface area (TPSA) is 59.8 Å². The molecule has 0 saturated heterocycles. The van der Waals surface area contributed by atoms with Crippen molar-refractivity contribution in [2.75, 3.05) is 0 Å². The molecule has 0 radical (unpaired) electrons. The lowest BCUT2D eigenvalue weighted by molar-refractivity contribution is -0.120. The molecular formula is C21H21ClN4OS. The van der Waals surface area contributed by atoms with Gasteiger partial charge in [0.2, 0.25) is 5.91 Å². The molecular weight excluding hydrogens is 392 g/mol. The Kier molecular flexibility index (Phi) is 5.42. The third kappa shape index (κ3) is 4.23. The second-order valence-electron chi connectivity index (χ2n) is 7.03. The van der Waals surface area contributed by atoms with Crippen LogP contribution < -0.4 is 5.32 Å². The average molecular weight is 413 g/mol. The number of amides is 1. The van der Waals surface area contributed by atoms with Gasteiger partial charge in [-0.05, 0) is 51.0 Å². The maximum absolute atomic E-state index is 12.4. The van der Waals surface area contributed by atoms with Gasteiger partial charge in [0, 0.05) is 22.3 Å². The van der Waals surface area contributed by atoms with E-state index in [2.05, 4.69) is 34.6 Å². The van der Waals surface area contributed by atoms with Gasteiger partial charge in [-0.2, -0.15) is 0 Å². The average Bonchev–Trinajstić information content (AvgIpc) is 3.41. The molecule has 0 aliphatic heterocycles. The van der Waals surface area contributed by atoms with Crippen molar-refractivity contribution < 1.29 is 4.79 Å². The van der Waals surface area contributed by atoms with Gasteiger partial charge in [0.1, 0.15) is 0 Å². The summed E-state index contributed by atoms with van der Waals surface area (Å²) in [6, 6.07) is 16.1. The molecule has 144 valence electrons. The number of nitrogens with zero attached hydrogens (tertiary/aromatic N) is 3. The number of hydrogen-bond donors (Lipinski definition) is 1. The summed E-state index contributed by atoms with van der Waals surface area (Å²) < 4.78 is 1.98. The summed E-state index contributed by atoms with van der Waals surface area (Å²) in [6.07, 6.45) is 2.14. The number of carbonyl (C=O) groups is 1. The standard InChI is InChI=1S/C21H21ClN4OS/c1-13-3-5-15(6-4-13)19-24-25-21(26(19)18-11-7-16(22)8-12-18)28-14(2)20(27)23-17-9-10-17/h3-8,11-12,14,17H,9-10H2,1-2H3,(H,23,27). The van der Waals surface area contributed by atoms with Gasteiger partial charge < -0.3 is 5.32 Å². The molecule has 2 aromatic carbocycles. The number of carbonyl (C=O) groups excluding carboxylic acids is 1. The van der Waals surface area contributed by atoms with Gasteiger partial charge in [-0.25, -0.2) is 0 Å². The Bertz CT molecular complexity index is 981. The van der Waals surface area contributed by atoms with Gasteiger partial charge in [0.15, 0.2) is 11.0 Å². The van der Waals surface area contributed by atoms with Crippen LogP contribution in [0.3, 0.4) is 0 Å². The van der Waals surface area contributed by atoms with E-state index in [1.165, 1.54) is 17.3 Å². The van der Waals surface area contributed by atoms with E-state index in [1.807, 2.05) is 47.9 Å². The molecule has 1 fully saturated rings. The first-order chi connectivity index (χ1) is 13.5. The Morgan fingerprint density at radius 2 is 1.82 bits per heavy atom. The minimum absolute atomic E-state index is 0.0371. The predicted molar refractivity (Wildman–Crippen MR) is 113 cm³/mol. The Morgan fingerprint density at radius 1 is 1.14 bits per heavy atom. The minimum Gasteiger partial charge on any atom is -0.352 e. The number of nitrogens with one attached hydrogen (secondary N) is 1. The van der Waals surface area contributed by atoms with Crippen molar-refractivity contribution in [2.24, 2.45) is 0 Å². The zero-order chi connectivity index (χ0) is 19.7. The molecule has 5 nitrogen and oxygen atoms in total. The van der Waals surface area contributed by atoms with E-state index in [0.29, 0.717) is 16.2 Å². The summed E-state index contributed by atoms with van der Waals surface area (Å²) in [4.78, 5) is 12.4. The van der Waals surface area contributed by atoms with E-state index < -0.39 is 0 Å². The zero-order valence-electron chi connectivity index (χ0n) is 15.7. The molecule has 3 aromatic rings. The van der Waals surface area contributed by atoms with Crippen LogP contribution in [0.4, 0.5) is 0 Å².